The van der Waals surface area contributed by atoms with Gasteiger partial charge in [0.25, 0.3) is 0 Å². The number of hydrogen-bond donors (Lipinski definition) is 2. The molecule has 94 valence electrons. The number of rotatable bonds is 5. The minimum absolute atomic E-state index is 0.230. The molecular formula is C12H17ClN2O2. The second-order valence-electron chi connectivity index (χ2n) is 3.69. The Morgan fingerprint density at radius 3 is 2.94 bits per heavy atom. The number of carbonyl (C=O) groups excluding carboxylic acids is 1. The first-order chi connectivity index (χ1) is 8.13. The SMILES string of the molecule is COCCCNC(=O)Nc1cc(Cl)ccc1C. The largest absolute Gasteiger partial charge is 0.385 e. The fourth-order valence-corrected chi connectivity index (χ4v) is 1.49. The van der Waals surface area contributed by atoms with Gasteiger partial charge in [0.2, 0.25) is 0 Å². The van der Waals surface area contributed by atoms with E-state index < -0.39 is 0 Å². The quantitative estimate of drug-likeness (QED) is 0.796. The predicted molar refractivity (Wildman–Crippen MR) is 69.7 cm³/mol. The van der Waals surface area contributed by atoms with Crippen LogP contribution in [0.4, 0.5) is 10.5 Å². The Morgan fingerprint density at radius 1 is 1.47 bits per heavy atom. The molecule has 0 saturated heterocycles. The van der Waals surface area contributed by atoms with Crippen LogP contribution < -0.4 is 10.6 Å². The van der Waals surface area contributed by atoms with E-state index in [4.69, 9.17) is 16.3 Å². The van der Waals surface area contributed by atoms with Gasteiger partial charge in [-0.2, -0.15) is 0 Å². The predicted octanol–water partition coefficient (Wildman–Crippen LogP) is 2.81. The van der Waals surface area contributed by atoms with Crippen molar-refractivity contribution in [2.75, 3.05) is 25.6 Å². The molecule has 0 bridgehead atoms. The van der Waals surface area contributed by atoms with Gasteiger partial charge in [-0.1, -0.05) is 17.7 Å². The van der Waals surface area contributed by atoms with E-state index in [1.165, 1.54) is 0 Å². The highest BCUT2D eigenvalue weighted by Crippen LogP contribution is 2.19. The van der Waals surface area contributed by atoms with Crippen molar-refractivity contribution in [3.8, 4) is 0 Å². The minimum Gasteiger partial charge on any atom is -0.385 e. The normalized spacial score (nSPS) is 10.1. The maximum atomic E-state index is 11.5. The standard InChI is InChI=1S/C12H17ClN2O2/c1-9-4-5-10(13)8-11(9)15-12(16)14-6-3-7-17-2/h4-5,8H,3,6-7H2,1-2H3,(H2,14,15,16). The molecule has 0 atom stereocenters. The minimum atomic E-state index is -0.230. The summed E-state index contributed by atoms with van der Waals surface area (Å²) in [4.78, 5) is 11.5. The average molecular weight is 257 g/mol. The molecule has 4 nitrogen and oxygen atoms in total. The van der Waals surface area contributed by atoms with E-state index in [-0.39, 0.29) is 6.03 Å². The summed E-state index contributed by atoms with van der Waals surface area (Å²) in [6.07, 6.45) is 0.790. The van der Waals surface area contributed by atoms with Crippen LogP contribution in [0.25, 0.3) is 0 Å². The fraction of sp³-hybridized carbons (Fsp3) is 0.417. The van der Waals surface area contributed by atoms with Gasteiger partial charge in [0, 0.05) is 31.0 Å². The fourth-order valence-electron chi connectivity index (χ4n) is 1.31. The molecule has 1 aromatic carbocycles. The Kier molecular flexibility index (Phi) is 5.80. The van der Waals surface area contributed by atoms with Gasteiger partial charge in [0.1, 0.15) is 0 Å². The number of amides is 2. The number of urea groups is 1. The first-order valence-corrected chi connectivity index (χ1v) is 5.81. The second-order valence-corrected chi connectivity index (χ2v) is 4.12. The highest BCUT2D eigenvalue weighted by Gasteiger charge is 2.04. The molecular weight excluding hydrogens is 240 g/mol. The lowest BCUT2D eigenvalue weighted by molar-refractivity contribution is 0.194. The van der Waals surface area contributed by atoms with E-state index in [0.717, 1.165) is 17.7 Å². The molecule has 2 N–H and O–H groups in total. The molecule has 0 radical (unpaired) electrons. The molecule has 1 rings (SSSR count). The lowest BCUT2D eigenvalue weighted by Crippen LogP contribution is -2.30. The number of hydrogen-bond acceptors (Lipinski definition) is 2. The van der Waals surface area contributed by atoms with Crippen LogP contribution in [-0.4, -0.2) is 26.3 Å². The summed E-state index contributed by atoms with van der Waals surface area (Å²) in [6.45, 7) is 3.13. The lowest BCUT2D eigenvalue weighted by atomic mass is 10.2. The lowest BCUT2D eigenvalue weighted by Gasteiger charge is -2.10. The van der Waals surface area contributed by atoms with Gasteiger partial charge in [0.15, 0.2) is 0 Å². The third-order valence-electron chi connectivity index (χ3n) is 2.26. The van der Waals surface area contributed by atoms with Crippen molar-refractivity contribution in [1.82, 2.24) is 5.32 Å². The van der Waals surface area contributed by atoms with Gasteiger partial charge in [-0.15, -0.1) is 0 Å². The Bertz CT molecular complexity index is 383. The van der Waals surface area contributed by atoms with Gasteiger partial charge < -0.3 is 15.4 Å². The van der Waals surface area contributed by atoms with Gasteiger partial charge in [-0.3, -0.25) is 0 Å². The number of aryl methyl sites for hydroxylation is 1. The third-order valence-corrected chi connectivity index (χ3v) is 2.49. The highest BCUT2D eigenvalue weighted by atomic mass is 35.5. The van der Waals surface area contributed by atoms with Crippen LogP contribution in [0, 0.1) is 6.92 Å². The molecule has 5 heteroatoms. The summed E-state index contributed by atoms with van der Waals surface area (Å²) in [6, 6.07) is 5.15. The van der Waals surface area contributed by atoms with Gasteiger partial charge in [-0.25, -0.2) is 4.79 Å². The smallest absolute Gasteiger partial charge is 0.319 e. The molecule has 0 aliphatic rings. The van der Waals surface area contributed by atoms with Crippen LogP contribution in [0.15, 0.2) is 18.2 Å². The summed E-state index contributed by atoms with van der Waals surface area (Å²) in [7, 11) is 1.63. The van der Waals surface area contributed by atoms with Crippen molar-refractivity contribution in [3.05, 3.63) is 28.8 Å². The first-order valence-electron chi connectivity index (χ1n) is 5.43. The van der Waals surface area contributed by atoms with Crippen LogP contribution >= 0.6 is 11.6 Å². The first kappa shape index (κ1) is 13.8. The van der Waals surface area contributed by atoms with E-state index in [9.17, 15) is 4.79 Å². The van der Waals surface area contributed by atoms with Gasteiger partial charge in [0.05, 0.1) is 0 Å². The number of anilines is 1. The van der Waals surface area contributed by atoms with E-state index in [2.05, 4.69) is 10.6 Å². The number of benzene rings is 1. The van der Waals surface area contributed by atoms with Crippen molar-refractivity contribution in [3.63, 3.8) is 0 Å². The maximum absolute atomic E-state index is 11.5. The van der Waals surface area contributed by atoms with Gasteiger partial charge in [-0.05, 0) is 31.0 Å². The average Bonchev–Trinajstić information content (AvgIpc) is 2.29. The topological polar surface area (TPSA) is 50.4 Å². The van der Waals surface area contributed by atoms with Crippen LogP contribution in [0.3, 0.4) is 0 Å². The van der Waals surface area contributed by atoms with Crippen molar-refractivity contribution < 1.29 is 9.53 Å². The van der Waals surface area contributed by atoms with E-state index in [1.54, 1.807) is 19.2 Å². The monoisotopic (exact) mass is 256 g/mol. The van der Waals surface area contributed by atoms with Crippen LogP contribution in [0.1, 0.15) is 12.0 Å². The zero-order valence-corrected chi connectivity index (χ0v) is 10.8. The number of methoxy groups -OCH3 is 1. The summed E-state index contributed by atoms with van der Waals surface area (Å²) < 4.78 is 4.89. The number of nitrogens with one attached hydrogen (secondary N) is 2. The Hall–Kier alpha value is -1.26. The highest BCUT2D eigenvalue weighted by molar-refractivity contribution is 6.31. The van der Waals surface area contributed by atoms with E-state index in [1.807, 2.05) is 13.0 Å². The molecule has 0 aromatic heterocycles. The van der Waals surface area contributed by atoms with Crippen molar-refractivity contribution >= 4 is 23.3 Å². The number of halogens is 1. The molecule has 0 saturated carbocycles. The molecule has 17 heavy (non-hydrogen) atoms. The van der Waals surface area contributed by atoms with E-state index >= 15 is 0 Å². The van der Waals surface area contributed by atoms with Crippen LogP contribution in [-0.2, 0) is 4.74 Å². The van der Waals surface area contributed by atoms with E-state index in [0.29, 0.717) is 18.2 Å². The third kappa shape index (κ3) is 5.06. The van der Waals surface area contributed by atoms with Crippen LogP contribution in [0.5, 0.6) is 0 Å². The zero-order valence-electron chi connectivity index (χ0n) is 10.0. The molecule has 0 aliphatic heterocycles. The summed E-state index contributed by atoms with van der Waals surface area (Å²) in [5.74, 6) is 0. The Balaban J connectivity index is 2.42. The molecule has 2 amide bonds. The molecule has 0 spiro atoms. The van der Waals surface area contributed by atoms with Crippen molar-refractivity contribution in [2.24, 2.45) is 0 Å². The molecule has 1 aromatic rings. The summed E-state index contributed by atoms with van der Waals surface area (Å²) in [5.41, 5.74) is 1.70. The molecule has 0 unspecified atom stereocenters. The van der Waals surface area contributed by atoms with Crippen LogP contribution in [0.2, 0.25) is 5.02 Å². The summed E-state index contributed by atoms with van der Waals surface area (Å²) in [5, 5.41) is 6.09. The number of carbonyl (C=O) groups is 1. The van der Waals surface area contributed by atoms with Gasteiger partial charge >= 0.3 is 6.03 Å². The Morgan fingerprint density at radius 2 is 2.24 bits per heavy atom. The van der Waals surface area contributed by atoms with Crippen molar-refractivity contribution in [2.45, 2.75) is 13.3 Å². The second kappa shape index (κ2) is 7.14. The Labute approximate surface area is 106 Å². The molecule has 0 fully saturated rings. The number of ether oxygens (including phenoxy) is 1. The maximum Gasteiger partial charge on any atom is 0.319 e. The zero-order chi connectivity index (χ0) is 12.7. The van der Waals surface area contributed by atoms with Crippen molar-refractivity contribution in [1.29, 1.82) is 0 Å². The summed E-state index contributed by atoms with van der Waals surface area (Å²) >= 11 is 5.86. The molecule has 0 aliphatic carbocycles. The molecule has 0 heterocycles.